The summed E-state index contributed by atoms with van der Waals surface area (Å²) < 4.78 is 23.8. The lowest BCUT2D eigenvalue weighted by Crippen LogP contribution is -2.02. The number of unbranched alkanes of at least 4 members (excludes halogenated alkanes) is 2. The largest absolute Gasteiger partial charge is 0.399 e. The first-order valence-electron chi connectivity index (χ1n) is 7.32. The number of rotatable bonds is 10. The average Bonchev–Trinajstić information content (AvgIpc) is 2.42. The second-order valence-electron chi connectivity index (χ2n) is 4.88. The Labute approximate surface area is 122 Å². The fourth-order valence-corrected chi connectivity index (χ4v) is 3.40. The second kappa shape index (κ2) is 9.17. The van der Waals surface area contributed by atoms with Gasteiger partial charge in [0.1, 0.15) is 0 Å². The van der Waals surface area contributed by atoms with Crippen molar-refractivity contribution in [2.75, 3.05) is 18.9 Å². The lowest BCUT2D eigenvalue weighted by Gasteiger charge is -2.18. The van der Waals surface area contributed by atoms with Crippen LogP contribution in [0.4, 0.5) is 5.69 Å². The number of nitrogens with two attached hydrogens (primary N) is 1. The predicted molar refractivity (Wildman–Crippen MR) is 83.9 cm³/mol. The Morgan fingerprint density at radius 3 is 1.95 bits per heavy atom. The molecule has 0 aliphatic carbocycles. The minimum atomic E-state index is -3.06. The summed E-state index contributed by atoms with van der Waals surface area (Å²) in [6.07, 6.45) is 4.11. The molecule has 1 aromatic rings. The van der Waals surface area contributed by atoms with Crippen LogP contribution < -0.4 is 5.73 Å². The highest BCUT2D eigenvalue weighted by Crippen LogP contribution is 2.51. The maximum absolute atomic E-state index is 12.7. The molecule has 0 aliphatic rings. The monoisotopic (exact) mass is 299 g/mol. The summed E-state index contributed by atoms with van der Waals surface area (Å²) in [6.45, 7) is 5.11. The summed E-state index contributed by atoms with van der Waals surface area (Å²) in [4.78, 5) is 0. The summed E-state index contributed by atoms with van der Waals surface area (Å²) in [5.74, 6) is 0. The number of nitrogen functional groups attached to an aromatic ring is 1. The number of anilines is 1. The Morgan fingerprint density at radius 2 is 1.50 bits per heavy atom. The highest BCUT2D eigenvalue weighted by atomic mass is 31.2. The molecule has 1 rings (SSSR count). The lowest BCUT2D eigenvalue weighted by molar-refractivity contribution is 0.199. The van der Waals surface area contributed by atoms with Crippen LogP contribution in [0, 0.1) is 0 Å². The molecule has 0 aromatic heterocycles. The van der Waals surface area contributed by atoms with E-state index in [9.17, 15) is 4.57 Å². The Morgan fingerprint density at radius 1 is 1.00 bits per heavy atom. The zero-order valence-electron chi connectivity index (χ0n) is 12.5. The third-order valence-electron chi connectivity index (χ3n) is 2.93. The van der Waals surface area contributed by atoms with E-state index < -0.39 is 7.60 Å². The van der Waals surface area contributed by atoms with E-state index in [2.05, 4.69) is 13.8 Å². The summed E-state index contributed by atoms with van der Waals surface area (Å²) in [5.41, 5.74) is 7.28. The molecular formula is C15H26NO3P. The van der Waals surface area contributed by atoms with Crippen LogP contribution in [0.1, 0.15) is 45.1 Å². The minimum absolute atomic E-state index is 0.306. The highest BCUT2D eigenvalue weighted by molar-refractivity contribution is 7.53. The van der Waals surface area contributed by atoms with Gasteiger partial charge in [-0.15, -0.1) is 0 Å². The Kier molecular flexibility index (Phi) is 7.90. The van der Waals surface area contributed by atoms with Gasteiger partial charge in [0.2, 0.25) is 0 Å². The number of benzene rings is 1. The maximum atomic E-state index is 12.7. The first-order valence-corrected chi connectivity index (χ1v) is 9.05. The quantitative estimate of drug-likeness (QED) is 0.390. The molecule has 5 heteroatoms. The van der Waals surface area contributed by atoms with Crippen LogP contribution >= 0.6 is 7.60 Å². The van der Waals surface area contributed by atoms with Crippen LogP contribution in [0.2, 0.25) is 0 Å². The van der Waals surface area contributed by atoms with Gasteiger partial charge >= 0.3 is 7.60 Å². The van der Waals surface area contributed by atoms with Gasteiger partial charge in [-0.3, -0.25) is 4.57 Å². The molecule has 0 heterocycles. The molecule has 0 bridgehead atoms. The highest BCUT2D eigenvalue weighted by Gasteiger charge is 2.24. The van der Waals surface area contributed by atoms with Crippen LogP contribution in [0.15, 0.2) is 24.3 Å². The first kappa shape index (κ1) is 17.2. The van der Waals surface area contributed by atoms with E-state index in [1.807, 2.05) is 12.1 Å². The third-order valence-corrected chi connectivity index (χ3v) is 4.83. The molecule has 0 saturated heterocycles. The molecule has 0 amide bonds. The van der Waals surface area contributed by atoms with Crippen molar-refractivity contribution in [1.29, 1.82) is 0 Å². The molecule has 0 aliphatic heterocycles. The van der Waals surface area contributed by atoms with E-state index in [0.29, 0.717) is 25.1 Å². The Hall–Kier alpha value is -0.830. The van der Waals surface area contributed by atoms with E-state index in [-0.39, 0.29) is 0 Å². The molecule has 1 aromatic carbocycles. The standard InChI is InChI=1S/C15H26NO3P/c1-3-5-11-18-20(17,19-12-6-4-2)13-14-7-9-15(16)10-8-14/h7-10H,3-6,11-13,16H2,1-2H3. The van der Waals surface area contributed by atoms with Gasteiger partial charge in [-0.25, -0.2) is 0 Å². The molecule has 0 saturated carbocycles. The van der Waals surface area contributed by atoms with Crippen LogP contribution in [0.3, 0.4) is 0 Å². The van der Waals surface area contributed by atoms with Crippen molar-refractivity contribution in [3.63, 3.8) is 0 Å². The average molecular weight is 299 g/mol. The van der Waals surface area contributed by atoms with Crippen LogP contribution in [0.25, 0.3) is 0 Å². The summed E-state index contributed by atoms with van der Waals surface area (Å²) in [7, 11) is -3.06. The van der Waals surface area contributed by atoms with Gasteiger partial charge in [0.05, 0.1) is 19.4 Å². The smallest absolute Gasteiger partial charge is 0.335 e. The third kappa shape index (κ3) is 6.56. The van der Waals surface area contributed by atoms with Crippen molar-refractivity contribution in [2.24, 2.45) is 0 Å². The van der Waals surface area contributed by atoms with Crippen molar-refractivity contribution >= 4 is 13.3 Å². The topological polar surface area (TPSA) is 61.5 Å². The molecule has 0 unspecified atom stereocenters. The molecule has 0 atom stereocenters. The normalized spacial score (nSPS) is 11.7. The van der Waals surface area contributed by atoms with Crippen LogP contribution in [-0.2, 0) is 19.8 Å². The Bertz CT molecular complexity index is 406. The van der Waals surface area contributed by atoms with Crippen LogP contribution in [-0.4, -0.2) is 13.2 Å². The fourth-order valence-electron chi connectivity index (χ4n) is 1.67. The SMILES string of the molecule is CCCCOP(=O)(Cc1ccc(N)cc1)OCCCC. The van der Waals surface area contributed by atoms with Crippen molar-refractivity contribution in [3.8, 4) is 0 Å². The van der Waals surface area contributed by atoms with Gasteiger partial charge in [-0.1, -0.05) is 38.8 Å². The molecule has 20 heavy (non-hydrogen) atoms. The summed E-state index contributed by atoms with van der Waals surface area (Å²) >= 11 is 0. The van der Waals surface area contributed by atoms with Gasteiger partial charge in [0.15, 0.2) is 0 Å². The summed E-state index contributed by atoms with van der Waals surface area (Å²) in [6, 6.07) is 7.35. The molecule has 4 nitrogen and oxygen atoms in total. The van der Waals surface area contributed by atoms with Crippen molar-refractivity contribution in [2.45, 2.75) is 45.7 Å². The molecular weight excluding hydrogens is 273 g/mol. The minimum Gasteiger partial charge on any atom is -0.399 e. The fraction of sp³-hybridized carbons (Fsp3) is 0.600. The van der Waals surface area contributed by atoms with Gasteiger partial charge in [0.25, 0.3) is 0 Å². The van der Waals surface area contributed by atoms with Gasteiger partial charge in [0, 0.05) is 5.69 Å². The number of hydrogen-bond donors (Lipinski definition) is 1. The molecule has 0 radical (unpaired) electrons. The van der Waals surface area contributed by atoms with E-state index in [4.69, 9.17) is 14.8 Å². The predicted octanol–water partition coefficient (Wildman–Crippen LogP) is 4.60. The summed E-state index contributed by atoms with van der Waals surface area (Å²) in [5, 5.41) is 0. The van der Waals surface area contributed by atoms with Gasteiger partial charge in [-0.05, 0) is 30.5 Å². The van der Waals surface area contributed by atoms with E-state index in [1.54, 1.807) is 12.1 Å². The molecule has 114 valence electrons. The molecule has 0 spiro atoms. The van der Waals surface area contributed by atoms with Crippen LogP contribution in [0.5, 0.6) is 0 Å². The van der Waals surface area contributed by atoms with Gasteiger partial charge < -0.3 is 14.8 Å². The Balaban J connectivity index is 2.64. The van der Waals surface area contributed by atoms with Crippen molar-refractivity contribution < 1.29 is 13.6 Å². The van der Waals surface area contributed by atoms with E-state index in [1.165, 1.54) is 0 Å². The molecule has 0 fully saturated rings. The second-order valence-corrected chi connectivity index (χ2v) is 6.94. The van der Waals surface area contributed by atoms with Crippen molar-refractivity contribution in [3.05, 3.63) is 29.8 Å². The maximum Gasteiger partial charge on any atom is 0.335 e. The van der Waals surface area contributed by atoms with E-state index >= 15 is 0 Å². The van der Waals surface area contributed by atoms with Crippen molar-refractivity contribution in [1.82, 2.24) is 0 Å². The van der Waals surface area contributed by atoms with Gasteiger partial charge in [-0.2, -0.15) is 0 Å². The number of hydrogen-bond acceptors (Lipinski definition) is 4. The zero-order valence-corrected chi connectivity index (χ0v) is 13.4. The lowest BCUT2D eigenvalue weighted by atomic mass is 10.2. The zero-order chi connectivity index (χ0) is 14.8. The van der Waals surface area contributed by atoms with E-state index in [0.717, 1.165) is 31.2 Å². The first-order chi connectivity index (χ1) is 9.59. The molecule has 2 N–H and O–H groups in total.